The summed E-state index contributed by atoms with van der Waals surface area (Å²) in [4.78, 5) is 9.49. The highest BCUT2D eigenvalue weighted by molar-refractivity contribution is 5.91. The maximum absolute atomic E-state index is 6.23. The standard InChI is InChI=1S/C19H26N4O/c1-15-12-23(14-16(24-15)13-22-10-8-20-9-11-22)19-6-2-5-18-17(19)4-3-7-21-18/h2-7,15-16,20H,8-14H2,1H3. The van der Waals surface area contributed by atoms with E-state index in [1.165, 1.54) is 11.1 Å². The molecule has 0 radical (unpaired) electrons. The molecule has 1 N–H and O–H groups in total. The van der Waals surface area contributed by atoms with Gasteiger partial charge in [0.1, 0.15) is 0 Å². The van der Waals surface area contributed by atoms with Crippen molar-refractivity contribution in [3.8, 4) is 0 Å². The third-order valence-electron chi connectivity index (χ3n) is 4.96. The van der Waals surface area contributed by atoms with Gasteiger partial charge in [-0.1, -0.05) is 6.07 Å². The Labute approximate surface area is 143 Å². The summed E-state index contributed by atoms with van der Waals surface area (Å²) in [5.74, 6) is 0. The van der Waals surface area contributed by atoms with E-state index in [1.54, 1.807) is 0 Å². The van der Waals surface area contributed by atoms with Crippen LogP contribution in [0.4, 0.5) is 5.69 Å². The number of morpholine rings is 1. The van der Waals surface area contributed by atoms with Gasteiger partial charge in [-0.05, 0) is 31.2 Å². The van der Waals surface area contributed by atoms with E-state index in [0.29, 0.717) is 0 Å². The summed E-state index contributed by atoms with van der Waals surface area (Å²) in [5.41, 5.74) is 2.34. The van der Waals surface area contributed by atoms with Crippen LogP contribution in [-0.4, -0.2) is 67.9 Å². The molecule has 3 heterocycles. The number of fused-ring (bicyclic) bond motifs is 1. The van der Waals surface area contributed by atoms with Gasteiger partial charge in [-0.25, -0.2) is 0 Å². The summed E-state index contributed by atoms with van der Waals surface area (Å²) >= 11 is 0. The van der Waals surface area contributed by atoms with E-state index in [1.807, 2.05) is 12.3 Å². The van der Waals surface area contributed by atoms with Crippen LogP contribution >= 0.6 is 0 Å². The smallest absolute Gasteiger partial charge is 0.0881 e. The number of anilines is 1. The maximum Gasteiger partial charge on any atom is 0.0881 e. The van der Waals surface area contributed by atoms with Gasteiger partial charge in [0.2, 0.25) is 0 Å². The first-order valence-corrected chi connectivity index (χ1v) is 8.97. The number of rotatable bonds is 3. The van der Waals surface area contributed by atoms with Crippen molar-refractivity contribution in [2.24, 2.45) is 0 Å². The second kappa shape index (κ2) is 7.05. The van der Waals surface area contributed by atoms with Crippen molar-refractivity contribution in [1.82, 2.24) is 15.2 Å². The number of nitrogens with one attached hydrogen (secondary N) is 1. The minimum Gasteiger partial charge on any atom is -0.370 e. The van der Waals surface area contributed by atoms with Gasteiger partial charge in [0.25, 0.3) is 0 Å². The van der Waals surface area contributed by atoms with Gasteiger partial charge in [-0.2, -0.15) is 0 Å². The Bertz CT molecular complexity index is 681. The Morgan fingerprint density at radius 2 is 2.04 bits per heavy atom. The van der Waals surface area contributed by atoms with Gasteiger partial charge in [0.15, 0.2) is 0 Å². The molecule has 2 aliphatic rings. The van der Waals surface area contributed by atoms with E-state index < -0.39 is 0 Å². The van der Waals surface area contributed by atoms with Crippen LogP contribution in [-0.2, 0) is 4.74 Å². The number of ether oxygens (including phenoxy) is 1. The second-order valence-corrected chi connectivity index (χ2v) is 6.87. The third kappa shape index (κ3) is 3.38. The SMILES string of the molecule is CC1CN(c2cccc3ncccc23)CC(CN2CCNCC2)O1. The van der Waals surface area contributed by atoms with Crippen LogP contribution in [0.5, 0.6) is 0 Å². The number of pyridine rings is 1. The molecule has 0 saturated carbocycles. The Balaban J connectivity index is 1.53. The monoisotopic (exact) mass is 326 g/mol. The molecule has 128 valence electrons. The van der Waals surface area contributed by atoms with Crippen LogP contribution in [0.25, 0.3) is 10.9 Å². The Hall–Kier alpha value is -1.69. The van der Waals surface area contributed by atoms with Crippen molar-refractivity contribution in [2.75, 3.05) is 50.7 Å². The van der Waals surface area contributed by atoms with Gasteiger partial charge < -0.3 is 15.0 Å². The highest BCUT2D eigenvalue weighted by atomic mass is 16.5. The molecule has 0 bridgehead atoms. The van der Waals surface area contributed by atoms with Gasteiger partial charge in [-0.15, -0.1) is 0 Å². The Kier molecular flexibility index (Phi) is 4.65. The lowest BCUT2D eigenvalue weighted by atomic mass is 10.1. The van der Waals surface area contributed by atoms with Gasteiger partial charge in [0.05, 0.1) is 17.7 Å². The van der Waals surface area contributed by atoms with E-state index in [4.69, 9.17) is 4.74 Å². The normalized spacial score (nSPS) is 26.0. The summed E-state index contributed by atoms with van der Waals surface area (Å²) < 4.78 is 6.23. The average molecular weight is 326 g/mol. The third-order valence-corrected chi connectivity index (χ3v) is 4.96. The molecular weight excluding hydrogens is 300 g/mol. The average Bonchev–Trinajstić information content (AvgIpc) is 2.61. The minimum atomic E-state index is 0.249. The van der Waals surface area contributed by atoms with Crippen molar-refractivity contribution >= 4 is 16.6 Å². The lowest BCUT2D eigenvalue weighted by Gasteiger charge is -2.41. The molecule has 2 atom stereocenters. The molecule has 0 amide bonds. The number of aromatic nitrogens is 1. The summed E-state index contributed by atoms with van der Waals surface area (Å²) in [6, 6.07) is 10.6. The van der Waals surface area contributed by atoms with Crippen molar-refractivity contribution < 1.29 is 4.74 Å². The van der Waals surface area contributed by atoms with Crippen molar-refractivity contribution in [1.29, 1.82) is 0 Å². The first kappa shape index (κ1) is 15.8. The van der Waals surface area contributed by atoms with Crippen molar-refractivity contribution in [2.45, 2.75) is 19.1 Å². The van der Waals surface area contributed by atoms with Crippen LogP contribution in [0.1, 0.15) is 6.92 Å². The van der Waals surface area contributed by atoms with Crippen LogP contribution in [0, 0.1) is 0 Å². The maximum atomic E-state index is 6.23. The molecule has 2 aromatic rings. The number of nitrogens with zero attached hydrogens (tertiary/aromatic N) is 3. The highest BCUT2D eigenvalue weighted by Gasteiger charge is 2.28. The largest absolute Gasteiger partial charge is 0.370 e. The minimum absolute atomic E-state index is 0.249. The van der Waals surface area contributed by atoms with Crippen molar-refractivity contribution in [3.05, 3.63) is 36.5 Å². The van der Waals surface area contributed by atoms with Crippen LogP contribution in [0.2, 0.25) is 0 Å². The predicted octanol–water partition coefficient (Wildman–Crippen LogP) is 1.73. The molecule has 5 heteroatoms. The predicted molar refractivity (Wildman–Crippen MR) is 97.6 cm³/mol. The zero-order valence-corrected chi connectivity index (χ0v) is 14.3. The lowest BCUT2D eigenvalue weighted by molar-refractivity contribution is -0.0334. The summed E-state index contributed by atoms with van der Waals surface area (Å²) in [6.45, 7) is 9.49. The molecule has 5 nitrogen and oxygen atoms in total. The lowest BCUT2D eigenvalue weighted by Crippen LogP contribution is -2.53. The summed E-state index contributed by atoms with van der Waals surface area (Å²) in [7, 11) is 0. The van der Waals surface area contributed by atoms with E-state index >= 15 is 0 Å². The number of hydrogen-bond donors (Lipinski definition) is 1. The Morgan fingerprint density at radius 1 is 1.17 bits per heavy atom. The fraction of sp³-hybridized carbons (Fsp3) is 0.526. The zero-order chi connectivity index (χ0) is 16.4. The molecule has 4 rings (SSSR count). The Morgan fingerprint density at radius 3 is 2.92 bits per heavy atom. The van der Waals surface area contributed by atoms with E-state index in [-0.39, 0.29) is 12.2 Å². The van der Waals surface area contributed by atoms with Gasteiger partial charge >= 0.3 is 0 Å². The van der Waals surface area contributed by atoms with E-state index in [2.05, 4.69) is 51.3 Å². The fourth-order valence-electron chi connectivity index (χ4n) is 3.89. The first-order valence-electron chi connectivity index (χ1n) is 8.97. The summed E-state index contributed by atoms with van der Waals surface area (Å²) in [5, 5.41) is 4.65. The molecule has 0 spiro atoms. The molecule has 2 fully saturated rings. The quantitative estimate of drug-likeness (QED) is 0.930. The van der Waals surface area contributed by atoms with Crippen LogP contribution < -0.4 is 10.2 Å². The van der Waals surface area contributed by atoms with Gasteiger partial charge in [0, 0.05) is 63.1 Å². The van der Waals surface area contributed by atoms with E-state index in [9.17, 15) is 0 Å². The first-order chi connectivity index (χ1) is 11.8. The topological polar surface area (TPSA) is 40.6 Å². The summed E-state index contributed by atoms with van der Waals surface area (Å²) in [6.07, 6.45) is 2.37. The fourth-order valence-corrected chi connectivity index (χ4v) is 3.89. The second-order valence-electron chi connectivity index (χ2n) is 6.87. The molecule has 24 heavy (non-hydrogen) atoms. The molecular formula is C19H26N4O. The van der Waals surface area contributed by atoms with Crippen molar-refractivity contribution in [3.63, 3.8) is 0 Å². The number of piperazine rings is 1. The number of hydrogen-bond acceptors (Lipinski definition) is 5. The molecule has 2 aliphatic heterocycles. The molecule has 0 aliphatic carbocycles. The highest BCUT2D eigenvalue weighted by Crippen LogP contribution is 2.28. The zero-order valence-electron chi connectivity index (χ0n) is 14.3. The van der Waals surface area contributed by atoms with E-state index in [0.717, 1.165) is 51.3 Å². The molecule has 1 aromatic carbocycles. The number of benzene rings is 1. The van der Waals surface area contributed by atoms with Gasteiger partial charge in [-0.3, -0.25) is 9.88 Å². The molecule has 2 unspecified atom stereocenters. The molecule has 1 aromatic heterocycles. The van der Waals surface area contributed by atoms with Crippen LogP contribution in [0.3, 0.4) is 0 Å². The van der Waals surface area contributed by atoms with Crippen LogP contribution in [0.15, 0.2) is 36.5 Å². The molecule has 2 saturated heterocycles.